The van der Waals surface area contributed by atoms with Gasteiger partial charge in [-0.15, -0.1) is 10.2 Å². The van der Waals surface area contributed by atoms with Crippen molar-refractivity contribution in [2.24, 2.45) is 0 Å². The number of aromatic nitrogens is 4. The van der Waals surface area contributed by atoms with Crippen LogP contribution in [0.2, 0.25) is 0 Å². The summed E-state index contributed by atoms with van der Waals surface area (Å²) in [6.45, 7) is 1.38. The van der Waals surface area contributed by atoms with Crippen molar-refractivity contribution >= 4 is 17.2 Å². The van der Waals surface area contributed by atoms with Crippen molar-refractivity contribution in [3.8, 4) is 11.4 Å². The highest BCUT2D eigenvalue weighted by Crippen LogP contribution is 2.16. The SMILES string of the molecule is O=C(Cn1nnc(-c2ccsc2)n1)NCCCOCCO. The normalized spacial score (nSPS) is 10.7. The Kier molecular flexibility index (Phi) is 6.25. The minimum atomic E-state index is -0.175. The number of ether oxygens (including phenoxy) is 1. The van der Waals surface area contributed by atoms with Crippen molar-refractivity contribution in [2.75, 3.05) is 26.4 Å². The van der Waals surface area contributed by atoms with Crippen LogP contribution in [0.15, 0.2) is 16.8 Å². The smallest absolute Gasteiger partial charge is 0.243 e. The van der Waals surface area contributed by atoms with Gasteiger partial charge in [-0.1, -0.05) is 0 Å². The molecule has 1 amide bonds. The van der Waals surface area contributed by atoms with Gasteiger partial charge in [0.1, 0.15) is 6.54 Å². The molecular weight excluding hydrogens is 294 g/mol. The monoisotopic (exact) mass is 311 g/mol. The minimum absolute atomic E-state index is 0.0107. The third-order valence-electron chi connectivity index (χ3n) is 2.54. The Morgan fingerprint density at radius 2 is 2.38 bits per heavy atom. The quantitative estimate of drug-likeness (QED) is 0.628. The number of carbonyl (C=O) groups is 1. The van der Waals surface area contributed by atoms with Gasteiger partial charge in [-0.3, -0.25) is 4.79 Å². The number of nitrogens with one attached hydrogen (secondary N) is 1. The highest BCUT2D eigenvalue weighted by Gasteiger charge is 2.09. The molecule has 0 saturated carbocycles. The minimum Gasteiger partial charge on any atom is -0.394 e. The van der Waals surface area contributed by atoms with Crippen molar-refractivity contribution in [1.29, 1.82) is 0 Å². The lowest BCUT2D eigenvalue weighted by Gasteiger charge is -2.04. The molecule has 2 rings (SSSR count). The Morgan fingerprint density at radius 3 is 3.14 bits per heavy atom. The molecule has 0 aliphatic rings. The predicted octanol–water partition coefficient (Wildman–Crippen LogP) is -0.0832. The van der Waals surface area contributed by atoms with E-state index in [0.717, 1.165) is 5.56 Å². The molecule has 0 saturated heterocycles. The maximum absolute atomic E-state index is 11.7. The zero-order valence-electron chi connectivity index (χ0n) is 11.4. The third-order valence-corrected chi connectivity index (χ3v) is 3.22. The summed E-state index contributed by atoms with van der Waals surface area (Å²) in [5.41, 5.74) is 0.896. The molecule has 0 fully saturated rings. The first-order chi connectivity index (χ1) is 10.3. The van der Waals surface area contributed by atoms with E-state index in [1.165, 1.54) is 4.80 Å². The van der Waals surface area contributed by atoms with Gasteiger partial charge >= 0.3 is 0 Å². The number of aliphatic hydroxyl groups excluding tert-OH is 1. The molecule has 2 aromatic heterocycles. The Morgan fingerprint density at radius 1 is 1.48 bits per heavy atom. The van der Waals surface area contributed by atoms with E-state index in [0.29, 0.717) is 32.0 Å². The summed E-state index contributed by atoms with van der Waals surface area (Å²) in [5.74, 6) is 0.341. The van der Waals surface area contributed by atoms with Gasteiger partial charge < -0.3 is 15.2 Å². The molecule has 0 aliphatic heterocycles. The summed E-state index contributed by atoms with van der Waals surface area (Å²) in [6.07, 6.45) is 0.691. The van der Waals surface area contributed by atoms with Gasteiger partial charge in [0.15, 0.2) is 0 Å². The first-order valence-electron chi connectivity index (χ1n) is 6.55. The maximum Gasteiger partial charge on any atom is 0.243 e. The third kappa shape index (κ3) is 5.21. The van der Waals surface area contributed by atoms with Gasteiger partial charge in [-0.2, -0.15) is 16.1 Å². The van der Waals surface area contributed by atoms with Crippen LogP contribution < -0.4 is 5.32 Å². The number of tetrazole rings is 1. The summed E-state index contributed by atoms with van der Waals surface area (Å²) >= 11 is 1.55. The van der Waals surface area contributed by atoms with Crippen molar-refractivity contribution in [2.45, 2.75) is 13.0 Å². The molecule has 0 radical (unpaired) electrons. The first kappa shape index (κ1) is 15.5. The van der Waals surface area contributed by atoms with Gasteiger partial charge in [0.2, 0.25) is 11.7 Å². The molecule has 0 unspecified atom stereocenters. The molecule has 21 heavy (non-hydrogen) atoms. The standard InChI is InChI=1S/C12H17N5O3S/c18-4-6-20-5-1-3-13-11(19)8-17-15-12(14-16-17)10-2-7-21-9-10/h2,7,9,18H,1,3-6,8H2,(H,13,19). The summed E-state index contributed by atoms with van der Waals surface area (Å²) in [4.78, 5) is 12.9. The summed E-state index contributed by atoms with van der Waals surface area (Å²) in [7, 11) is 0. The van der Waals surface area contributed by atoms with E-state index in [-0.39, 0.29) is 19.1 Å². The van der Waals surface area contributed by atoms with Crippen LogP contribution in [0.3, 0.4) is 0 Å². The fourth-order valence-electron chi connectivity index (χ4n) is 1.57. The summed E-state index contributed by atoms with van der Waals surface area (Å²) in [5, 5.41) is 27.0. The second-order valence-electron chi connectivity index (χ2n) is 4.19. The topological polar surface area (TPSA) is 102 Å². The zero-order valence-corrected chi connectivity index (χ0v) is 12.3. The Balaban J connectivity index is 1.68. The molecule has 0 aliphatic carbocycles. The van der Waals surface area contributed by atoms with Crippen molar-refractivity contribution in [3.05, 3.63) is 16.8 Å². The number of thiophene rings is 1. The van der Waals surface area contributed by atoms with E-state index < -0.39 is 0 Å². The van der Waals surface area contributed by atoms with Crippen LogP contribution in [0.4, 0.5) is 0 Å². The second kappa shape index (κ2) is 8.45. The fourth-order valence-corrected chi connectivity index (χ4v) is 2.20. The van der Waals surface area contributed by atoms with Gasteiger partial charge in [0.05, 0.1) is 13.2 Å². The fraction of sp³-hybridized carbons (Fsp3) is 0.500. The van der Waals surface area contributed by atoms with E-state index in [2.05, 4.69) is 20.7 Å². The molecular formula is C12H17N5O3S. The van der Waals surface area contributed by atoms with Crippen LogP contribution in [-0.2, 0) is 16.1 Å². The van der Waals surface area contributed by atoms with Crippen LogP contribution in [-0.4, -0.2) is 57.6 Å². The lowest BCUT2D eigenvalue weighted by Crippen LogP contribution is -2.29. The van der Waals surface area contributed by atoms with Gasteiger partial charge in [0, 0.05) is 24.1 Å². The average Bonchev–Trinajstić information content (AvgIpc) is 3.13. The Bertz CT molecular complexity index is 543. The molecule has 2 heterocycles. The highest BCUT2D eigenvalue weighted by atomic mass is 32.1. The number of nitrogens with zero attached hydrogens (tertiary/aromatic N) is 4. The molecule has 0 spiro atoms. The maximum atomic E-state index is 11.7. The number of carbonyl (C=O) groups excluding carboxylic acids is 1. The Labute approximate surface area is 125 Å². The predicted molar refractivity (Wildman–Crippen MR) is 76.7 cm³/mol. The van der Waals surface area contributed by atoms with E-state index in [1.54, 1.807) is 11.3 Å². The van der Waals surface area contributed by atoms with E-state index in [4.69, 9.17) is 9.84 Å². The summed E-state index contributed by atoms with van der Waals surface area (Å²) in [6, 6.07) is 1.90. The molecule has 2 aromatic rings. The van der Waals surface area contributed by atoms with Crippen LogP contribution in [0.1, 0.15) is 6.42 Å². The lowest BCUT2D eigenvalue weighted by atomic mass is 10.3. The first-order valence-corrected chi connectivity index (χ1v) is 7.49. The summed E-state index contributed by atoms with van der Waals surface area (Å²) < 4.78 is 5.09. The van der Waals surface area contributed by atoms with Gasteiger partial charge in [0.25, 0.3) is 0 Å². The van der Waals surface area contributed by atoms with Crippen LogP contribution >= 0.6 is 11.3 Å². The van der Waals surface area contributed by atoms with E-state index >= 15 is 0 Å². The largest absolute Gasteiger partial charge is 0.394 e. The molecule has 0 bridgehead atoms. The second-order valence-corrected chi connectivity index (χ2v) is 4.97. The van der Waals surface area contributed by atoms with Gasteiger partial charge in [-0.25, -0.2) is 0 Å². The Hall–Kier alpha value is -1.84. The zero-order chi connectivity index (χ0) is 14.9. The number of aliphatic hydroxyl groups is 1. The highest BCUT2D eigenvalue weighted by molar-refractivity contribution is 7.08. The van der Waals surface area contributed by atoms with Gasteiger partial charge in [-0.05, 0) is 23.1 Å². The number of hydrogen-bond acceptors (Lipinski definition) is 7. The molecule has 0 atom stereocenters. The van der Waals surface area contributed by atoms with Crippen molar-refractivity contribution in [3.63, 3.8) is 0 Å². The molecule has 114 valence electrons. The number of rotatable bonds is 9. The van der Waals surface area contributed by atoms with Crippen LogP contribution in [0.25, 0.3) is 11.4 Å². The number of amides is 1. The molecule has 8 nitrogen and oxygen atoms in total. The van der Waals surface area contributed by atoms with Crippen LogP contribution in [0, 0.1) is 0 Å². The van der Waals surface area contributed by atoms with E-state index in [1.807, 2.05) is 16.8 Å². The van der Waals surface area contributed by atoms with Crippen LogP contribution in [0.5, 0.6) is 0 Å². The molecule has 9 heteroatoms. The van der Waals surface area contributed by atoms with E-state index in [9.17, 15) is 4.79 Å². The lowest BCUT2D eigenvalue weighted by molar-refractivity contribution is -0.122. The van der Waals surface area contributed by atoms with Crippen molar-refractivity contribution < 1.29 is 14.6 Å². The number of hydrogen-bond donors (Lipinski definition) is 2. The molecule has 0 aromatic carbocycles. The average molecular weight is 311 g/mol. The van der Waals surface area contributed by atoms with Crippen molar-refractivity contribution in [1.82, 2.24) is 25.5 Å². The molecule has 2 N–H and O–H groups in total.